The maximum absolute atomic E-state index is 4.40. The summed E-state index contributed by atoms with van der Waals surface area (Å²) in [6, 6.07) is 3.97. The first-order valence-electron chi connectivity index (χ1n) is 6.50. The van der Waals surface area contributed by atoms with Gasteiger partial charge in [0.15, 0.2) is 0 Å². The maximum atomic E-state index is 4.40. The molecular formula is C14H20N4. The molecule has 0 radical (unpaired) electrons. The van der Waals surface area contributed by atoms with Crippen LogP contribution < -0.4 is 5.32 Å². The molecule has 0 unspecified atom stereocenters. The second-order valence-electron chi connectivity index (χ2n) is 4.22. The van der Waals surface area contributed by atoms with Crippen LogP contribution in [-0.2, 0) is 0 Å². The second-order valence-corrected chi connectivity index (χ2v) is 4.22. The van der Waals surface area contributed by atoms with Crippen LogP contribution in [0.5, 0.6) is 0 Å². The van der Waals surface area contributed by atoms with Gasteiger partial charge in [0.1, 0.15) is 0 Å². The predicted molar refractivity (Wildman–Crippen MR) is 75.8 cm³/mol. The first kappa shape index (κ1) is 12.8. The van der Waals surface area contributed by atoms with Crippen LogP contribution >= 0.6 is 0 Å². The van der Waals surface area contributed by atoms with Crippen LogP contribution in [0.25, 0.3) is 10.9 Å². The van der Waals surface area contributed by atoms with Crippen molar-refractivity contribution in [2.24, 2.45) is 0 Å². The lowest BCUT2D eigenvalue weighted by atomic mass is 10.2. The number of hydrogen-bond donors (Lipinski definition) is 1. The lowest BCUT2D eigenvalue weighted by molar-refractivity contribution is 0.316. The molecule has 96 valence electrons. The Morgan fingerprint density at radius 3 is 2.83 bits per heavy atom. The topological polar surface area (TPSA) is 41.0 Å². The van der Waals surface area contributed by atoms with Crippen molar-refractivity contribution in [2.45, 2.75) is 13.8 Å². The Labute approximate surface area is 108 Å². The van der Waals surface area contributed by atoms with Gasteiger partial charge in [-0.3, -0.25) is 9.97 Å². The first-order chi connectivity index (χ1) is 8.85. The number of hydrogen-bond acceptors (Lipinski definition) is 4. The quantitative estimate of drug-likeness (QED) is 0.847. The van der Waals surface area contributed by atoms with Crippen molar-refractivity contribution in [3.05, 3.63) is 30.7 Å². The second kappa shape index (κ2) is 6.31. The van der Waals surface area contributed by atoms with Gasteiger partial charge in [-0.1, -0.05) is 13.8 Å². The minimum absolute atomic E-state index is 0.916. The number of likely N-dealkylation sites (N-methyl/N-ethyl adjacent to an activating group) is 1. The zero-order chi connectivity index (χ0) is 12.8. The molecule has 18 heavy (non-hydrogen) atoms. The maximum Gasteiger partial charge on any atom is 0.0964 e. The lowest BCUT2D eigenvalue weighted by Gasteiger charge is -2.18. The summed E-state index contributed by atoms with van der Waals surface area (Å²) in [5.74, 6) is 0. The molecule has 0 aliphatic carbocycles. The minimum atomic E-state index is 0.916. The molecule has 1 N–H and O–H groups in total. The molecule has 0 saturated heterocycles. The molecule has 0 fully saturated rings. The van der Waals surface area contributed by atoms with Crippen LogP contribution in [-0.4, -0.2) is 41.0 Å². The number of nitrogens with one attached hydrogen (secondary N) is 1. The molecule has 0 spiro atoms. The van der Waals surface area contributed by atoms with Crippen LogP contribution in [0.3, 0.4) is 0 Å². The number of pyridine rings is 2. The monoisotopic (exact) mass is 244 g/mol. The third-order valence-corrected chi connectivity index (χ3v) is 3.15. The summed E-state index contributed by atoms with van der Waals surface area (Å²) in [6.07, 6.45) is 5.51. The van der Waals surface area contributed by atoms with E-state index in [9.17, 15) is 0 Å². The minimum Gasteiger partial charge on any atom is -0.381 e. The van der Waals surface area contributed by atoms with Gasteiger partial charge in [-0.2, -0.15) is 0 Å². The smallest absolute Gasteiger partial charge is 0.0964 e. The molecule has 2 rings (SSSR count). The molecule has 4 heteroatoms. The molecular weight excluding hydrogens is 224 g/mol. The molecule has 2 heterocycles. The van der Waals surface area contributed by atoms with E-state index in [0.29, 0.717) is 0 Å². The summed E-state index contributed by atoms with van der Waals surface area (Å²) in [6.45, 7) is 8.50. The molecule has 0 aliphatic heterocycles. The fraction of sp³-hybridized carbons (Fsp3) is 0.429. The fourth-order valence-corrected chi connectivity index (χ4v) is 2.02. The van der Waals surface area contributed by atoms with Gasteiger partial charge in [0.05, 0.1) is 17.4 Å². The van der Waals surface area contributed by atoms with E-state index in [1.807, 2.05) is 30.7 Å². The van der Waals surface area contributed by atoms with Crippen molar-refractivity contribution in [3.63, 3.8) is 0 Å². The summed E-state index contributed by atoms with van der Waals surface area (Å²) in [4.78, 5) is 11.0. The van der Waals surface area contributed by atoms with Crippen molar-refractivity contribution in [3.8, 4) is 0 Å². The summed E-state index contributed by atoms with van der Waals surface area (Å²) >= 11 is 0. The van der Waals surface area contributed by atoms with Crippen LogP contribution in [0.2, 0.25) is 0 Å². The Balaban J connectivity index is 2.03. The van der Waals surface area contributed by atoms with Crippen molar-refractivity contribution in [2.75, 3.05) is 31.5 Å². The van der Waals surface area contributed by atoms with Gasteiger partial charge < -0.3 is 10.2 Å². The van der Waals surface area contributed by atoms with Crippen LogP contribution in [0.1, 0.15) is 13.8 Å². The highest BCUT2D eigenvalue weighted by molar-refractivity contribution is 5.88. The number of anilines is 1. The first-order valence-corrected chi connectivity index (χ1v) is 6.50. The van der Waals surface area contributed by atoms with Gasteiger partial charge in [0.25, 0.3) is 0 Å². The summed E-state index contributed by atoms with van der Waals surface area (Å²) in [5.41, 5.74) is 2.01. The average molecular weight is 244 g/mol. The molecule has 2 aromatic rings. The van der Waals surface area contributed by atoms with E-state index < -0.39 is 0 Å². The van der Waals surface area contributed by atoms with E-state index >= 15 is 0 Å². The highest BCUT2D eigenvalue weighted by Gasteiger charge is 2.03. The predicted octanol–water partition coefficient (Wildman–Crippen LogP) is 2.38. The summed E-state index contributed by atoms with van der Waals surface area (Å²) in [7, 11) is 0. The van der Waals surface area contributed by atoms with Gasteiger partial charge in [0.2, 0.25) is 0 Å². The molecule has 2 aromatic heterocycles. The highest BCUT2D eigenvalue weighted by atomic mass is 15.1. The van der Waals surface area contributed by atoms with Gasteiger partial charge >= 0.3 is 0 Å². The van der Waals surface area contributed by atoms with Crippen LogP contribution in [0, 0.1) is 0 Å². The standard InChI is InChI=1S/C14H20N4/c1-3-18(4-2)9-8-16-13-11-15-10-12-6-5-7-17-14(12)13/h5-7,10-11,16H,3-4,8-9H2,1-2H3. The Morgan fingerprint density at radius 2 is 2.06 bits per heavy atom. The molecule has 0 aromatic carbocycles. The van der Waals surface area contributed by atoms with Gasteiger partial charge in [-0.15, -0.1) is 0 Å². The van der Waals surface area contributed by atoms with E-state index in [4.69, 9.17) is 0 Å². The van der Waals surface area contributed by atoms with E-state index in [0.717, 1.165) is 42.8 Å². The lowest BCUT2D eigenvalue weighted by Crippen LogP contribution is -2.28. The average Bonchev–Trinajstić information content (AvgIpc) is 2.44. The van der Waals surface area contributed by atoms with E-state index in [-0.39, 0.29) is 0 Å². The molecule has 0 aliphatic rings. The Hall–Kier alpha value is -1.68. The number of aromatic nitrogens is 2. The molecule has 0 bridgehead atoms. The van der Waals surface area contributed by atoms with E-state index in [1.54, 1.807) is 0 Å². The fourth-order valence-electron chi connectivity index (χ4n) is 2.02. The largest absolute Gasteiger partial charge is 0.381 e. The Kier molecular flexibility index (Phi) is 4.47. The zero-order valence-corrected chi connectivity index (χ0v) is 11.1. The Morgan fingerprint density at radius 1 is 1.22 bits per heavy atom. The SMILES string of the molecule is CCN(CC)CCNc1cncc2cccnc12. The third kappa shape index (κ3) is 2.96. The third-order valence-electron chi connectivity index (χ3n) is 3.15. The number of rotatable bonds is 6. The molecule has 0 atom stereocenters. The normalized spacial score (nSPS) is 11.1. The number of fused-ring (bicyclic) bond motifs is 1. The van der Waals surface area contributed by atoms with Crippen molar-refractivity contribution in [1.29, 1.82) is 0 Å². The van der Waals surface area contributed by atoms with Gasteiger partial charge in [-0.25, -0.2) is 0 Å². The molecule has 0 amide bonds. The van der Waals surface area contributed by atoms with Crippen molar-refractivity contribution >= 4 is 16.6 Å². The van der Waals surface area contributed by atoms with Crippen LogP contribution in [0.4, 0.5) is 5.69 Å². The zero-order valence-electron chi connectivity index (χ0n) is 11.1. The van der Waals surface area contributed by atoms with Crippen molar-refractivity contribution in [1.82, 2.24) is 14.9 Å². The van der Waals surface area contributed by atoms with E-state index in [2.05, 4.69) is 34.0 Å². The summed E-state index contributed by atoms with van der Waals surface area (Å²) < 4.78 is 0. The van der Waals surface area contributed by atoms with Crippen LogP contribution in [0.15, 0.2) is 30.7 Å². The Bertz CT molecular complexity index is 489. The van der Waals surface area contributed by atoms with Crippen molar-refractivity contribution < 1.29 is 0 Å². The van der Waals surface area contributed by atoms with Gasteiger partial charge in [-0.05, 0) is 25.2 Å². The van der Waals surface area contributed by atoms with E-state index in [1.165, 1.54) is 0 Å². The highest BCUT2D eigenvalue weighted by Crippen LogP contribution is 2.18. The number of nitrogens with zero attached hydrogens (tertiary/aromatic N) is 3. The molecule has 4 nitrogen and oxygen atoms in total. The van der Waals surface area contributed by atoms with Gasteiger partial charge in [0, 0.05) is 30.9 Å². The molecule has 0 saturated carbocycles. The summed E-state index contributed by atoms with van der Waals surface area (Å²) in [5, 5.41) is 4.49.